The van der Waals surface area contributed by atoms with E-state index >= 15 is 0 Å². The zero-order valence-electron chi connectivity index (χ0n) is 12.7. The predicted molar refractivity (Wildman–Crippen MR) is 87.2 cm³/mol. The van der Waals surface area contributed by atoms with Crippen LogP contribution in [0.4, 0.5) is 4.39 Å². The van der Waals surface area contributed by atoms with Crippen LogP contribution in [0.2, 0.25) is 0 Å². The fraction of sp³-hybridized carbons (Fsp3) is 0.176. The standard InChI is InChI=1S/C17H18FN3O2/c1-10(16(23)21-17(19)20)8-11-2-4-12(5-3-11)13-6-7-14(18)15(22)9-13/h2-4,6-9,12,22H,5H2,1H3,(H4,19,20,21,23)/b10-8+. The Morgan fingerprint density at radius 2 is 2.17 bits per heavy atom. The molecule has 0 fully saturated rings. The van der Waals surface area contributed by atoms with E-state index in [4.69, 9.17) is 11.5 Å². The average molecular weight is 315 g/mol. The number of benzene rings is 1. The zero-order valence-corrected chi connectivity index (χ0v) is 12.7. The summed E-state index contributed by atoms with van der Waals surface area (Å²) < 4.78 is 13.1. The van der Waals surface area contributed by atoms with Gasteiger partial charge in [0.1, 0.15) is 0 Å². The highest BCUT2D eigenvalue weighted by Gasteiger charge is 2.13. The normalized spacial score (nSPS) is 17.6. The van der Waals surface area contributed by atoms with E-state index in [9.17, 15) is 14.3 Å². The molecule has 1 amide bonds. The Morgan fingerprint density at radius 1 is 1.43 bits per heavy atom. The lowest BCUT2D eigenvalue weighted by atomic mass is 9.89. The molecule has 0 saturated carbocycles. The summed E-state index contributed by atoms with van der Waals surface area (Å²) in [7, 11) is 0. The number of nitrogens with two attached hydrogens (primary N) is 2. The van der Waals surface area contributed by atoms with Crippen molar-refractivity contribution in [2.24, 2.45) is 16.5 Å². The van der Waals surface area contributed by atoms with Crippen molar-refractivity contribution in [1.82, 2.24) is 0 Å². The largest absolute Gasteiger partial charge is 0.505 e. The summed E-state index contributed by atoms with van der Waals surface area (Å²) in [4.78, 5) is 15.1. The molecule has 0 heterocycles. The van der Waals surface area contributed by atoms with Gasteiger partial charge >= 0.3 is 0 Å². The van der Waals surface area contributed by atoms with Gasteiger partial charge in [0.15, 0.2) is 17.5 Å². The van der Waals surface area contributed by atoms with E-state index in [0.717, 1.165) is 11.1 Å². The molecule has 1 atom stereocenters. The van der Waals surface area contributed by atoms with Crippen LogP contribution in [0.15, 0.2) is 58.6 Å². The number of hydrogen-bond acceptors (Lipinski definition) is 2. The van der Waals surface area contributed by atoms with Crippen LogP contribution in [0.25, 0.3) is 0 Å². The Bertz CT molecular complexity index is 744. The number of carbonyl (C=O) groups is 1. The van der Waals surface area contributed by atoms with E-state index in [1.165, 1.54) is 12.1 Å². The number of halogens is 1. The molecule has 0 saturated heterocycles. The van der Waals surface area contributed by atoms with Crippen LogP contribution in [-0.2, 0) is 4.79 Å². The molecule has 1 aliphatic rings. The number of phenolic OH excluding ortho intramolecular Hbond substituents is 1. The molecule has 0 aliphatic heterocycles. The topological polar surface area (TPSA) is 102 Å². The number of aliphatic imine (C=N–C) groups is 1. The van der Waals surface area contributed by atoms with Crippen LogP contribution < -0.4 is 11.5 Å². The molecule has 0 aromatic heterocycles. The van der Waals surface area contributed by atoms with Gasteiger partial charge in [0, 0.05) is 11.5 Å². The summed E-state index contributed by atoms with van der Waals surface area (Å²) in [6, 6.07) is 4.31. The quantitative estimate of drug-likeness (QED) is 0.452. The number of nitrogens with zero attached hydrogens (tertiary/aromatic N) is 1. The van der Waals surface area contributed by atoms with Crippen molar-refractivity contribution < 1.29 is 14.3 Å². The lowest BCUT2D eigenvalue weighted by molar-refractivity contribution is -0.114. The second-order valence-electron chi connectivity index (χ2n) is 5.29. The number of carbonyl (C=O) groups excluding carboxylic acids is 1. The summed E-state index contributed by atoms with van der Waals surface area (Å²) in [5.41, 5.74) is 12.5. The van der Waals surface area contributed by atoms with Gasteiger partial charge in [0.25, 0.3) is 5.91 Å². The first kappa shape index (κ1) is 16.5. The van der Waals surface area contributed by atoms with E-state index in [1.54, 1.807) is 19.1 Å². The number of hydrogen-bond donors (Lipinski definition) is 3. The van der Waals surface area contributed by atoms with Crippen molar-refractivity contribution in [3.8, 4) is 5.75 Å². The molecular weight excluding hydrogens is 297 g/mol. The van der Waals surface area contributed by atoms with E-state index in [1.807, 2.05) is 18.2 Å². The van der Waals surface area contributed by atoms with Crippen LogP contribution in [0.5, 0.6) is 5.75 Å². The number of aromatic hydroxyl groups is 1. The highest BCUT2D eigenvalue weighted by atomic mass is 19.1. The number of rotatable bonds is 3. The fourth-order valence-electron chi connectivity index (χ4n) is 2.27. The van der Waals surface area contributed by atoms with Gasteiger partial charge in [-0.25, -0.2) is 4.39 Å². The first-order valence-corrected chi connectivity index (χ1v) is 7.06. The van der Waals surface area contributed by atoms with Crippen LogP contribution in [0.1, 0.15) is 24.8 Å². The third kappa shape index (κ3) is 4.29. The molecular formula is C17H18FN3O2. The third-order valence-electron chi connectivity index (χ3n) is 3.48. The Hall–Kier alpha value is -2.89. The average Bonchev–Trinajstić information content (AvgIpc) is 2.50. The van der Waals surface area contributed by atoms with Crippen molar-refractivity contribution in [3.63, 3.8) is 0 Å². The maximum atomic E-state index is 13.1. The molecule has 2 rings (SSSR count). The number of guanidine groups is 1. The summed E-state index contributed by atoms with van der Waals surface area (Å²) >= 11 is 0. The molecule has 5 nitrogen and oxygen atoms in total. The van der Waals surface area contributed by atoms with Crippen molar-refractivity contribution in [2.75, 3.05) is 0 Å². The smallest absolute Gasteiger partial charge is 0.275 e. The van der Waals surface area contributed by atoms with Crippen LogP contribution in [-0.4, -0.2) is 17.0 Å². The first-order valence-electron chi connectivity index (χ1n) is 7.06. The van der Waals surface area contributed by atoms with E-state index in [0.29, 0.717) is 12.0 Å². The van der Waals surface area contributed by atoms with E-state index in [-0.39, 0.29) is 17.6 Å². The van der Waals surface area contributed by atoms with Crippen LogP contribution in [0.3, 0.4) is 0 Å². The molecule has 0 spiro atoms. The summed E-state index contributed by atoms with van der Waals surface area (Å²) in [6.45, 7) is 1.63. The lowest BCUT2D eigenvalue weighted by Gasteiger charge is -2.16. The Balaban J connectivity index is 2.10. The number of allylic oxidation sites excluding steroid dienone is 5. The van der Waals surface area contributed by atoms with Gasteiger partial charge < -0.3 is 16.6 Å². The Morgan fingerprint density at radius 3 is 2.74 bits per heavy atom. The second kappa shape index (κ2) is 6.91. The van der Waals surface area contributed by atoms with Crippen molar-refractivity contribution >= 4 is 11.9 Å². The SMILES string of the molecule is C/C(=C\C1=CCC(c2ccc(F)c(O)c2)C=C1)C(=O)N=C(N)N. The monoisotopic (exact) mass is 315 g/mol. The van der Waals surface area contributed by atoms with Crippen LogP contribution in [0, 0.1) is 5.82 Å². The van der Waals surface area contributed by atoms with E-state index in [2.05, 4.69) is 4.99 Å². The van der Waals surface area contributed by atoms with E-state index < -0.39 is 11.7 Å². The summed E-state index contributed by atoms with van der Waals surface area (Å²) in [6.07, 6.45) is 8.13. The van der Waals surface area contributed by atoms with Gasteiger partial charge in [-0.2, -0.15) is 4.99 Å². The summed E-state index contributed by atoms with van der Waals surface area (Å²) in [5, 5.41) is 9.44. The molecule has 1 unspecified atom stereocenters. The second-order valence-corrected chi connectivity index (χ2v) is 5.29. The molecule has 23 heavy (non-hydrogen) atoms. The number of amides is 1. The van der Waals surface area contributed by atoms with Crippen LogP contribution >= 0.6 is 0 Å². The third-order valence-corrected chi connectivity index (χ3v) is 3.48. The Kier molecular flexibility index (Phi) is 4.95. The maximum Gasteiger partial charge on any atom is 0.275 e. The minimum Gasteiger partial charge on any atom is -0.505 e. The number of phenols is 1. The van der Waals surface area contributed by atoms with Gasteiger partial charge in [-0.1, -0.05) is 24.3 Å². The van der Waals surface area contributed by atoms with Crippen molar-refractivity contribution in [1.29, 1.82) is 0 Å². The van der Waals surface area contributed by atoms with Gasteiger partial charge in [-0.15, -0.1) is 0 Å². The van der Waals surface area contributed by atoms with Gasteiger partial charge in [0.2, 0.25) is 0 Å². The minimum absolute atomic E-state index is 0.0485. The highest BCUT2D eigenvalue weighted by Crippen LogP contribution is 2.30. The molecule has 1 aromatic rings. The predicted octanol–water partition coefficient (Wildman–Crippen LogP) is 2.25. The van der Waals surface area contributed by atoms with Crippen molar-refractivity contribution in [3.05, 3.63) is 65.0 Å². The summed E-state index contributed by atoms with van der Waals surface area (Å²) in [5.74, 6) is -1.70. The minimum atomic E-state index is -0.637. The molecule has 120 valence electrons. The van der Waals surface area contributed by atoms with Gasteiger partial charge in [0.05, 0.1) is 0 Å². The maximum absolute atomic E-state index is 13.1. The molecule has 5 N–H and O–H groups in total. The first-order chi connectivity index (χ1) is 10.9. The Labute approximate surface area is 133 Å². The molecule has 6 heteroatoms. The molecule has 0 bridgehead atoms. The van der Waals surface area contributed by atoms with Gasteiger partial charge in [-0.3, -0.25) is 4.79 Å². The fourth-order valence-corrected chi connectivity index (χ4v) is 2.27. The lowest BCUT2D eigenvalue weighted by Crippen LogP contribution is -2.24. The molecule has 1 aliphatic carbocycles. The van der Waals surface area contributed by atoms with Gasteiger partial charge in [-0.05, 0) is 42.7 Å². The molecule has 1 aromatic carbocycles. The zero-order chi connectivity index (χ0) is 17.0. The molecule has 0 radical (unpaired) electrons. The van der Waals surface area contributed by atoms with Crippen molar-refractivity contribution in [2.45, 2.75) is 19.3 Å². The highest BCUT2D eigenvalue weighted by molar-refractivity contribution is 6.01.